The Morgan fingerprint density at radius 1 is 0.933 bits per heavy atom. The minimum atomic E-state index is -0.707. The zero-order valence-electron chi connectivity index (χ0n) is 16.3. The van der Waals surface area contributed by atoms with Crippen molar-refractivity contribution in [3.63, 3.8) is 0 Å². The van der Waals surface area contributed by atoms with Crippen molar-refractivity contribution in [3.8, 4) is 0 Å². The van der Waals surface area contributed by atoms with Crippen LogP contribution >= 0.6 is 0 Å². The second-order valence-corrected chi connectivity index (χ2v) is 6.92. The number of hydrogen-bond donors (Lipinski definition) is 2. The first kappa shape index (κ1) is 19.4. The topological polar surface area (TPSA) is 61.4 Å². The Hall–Kier alpha value is -3.93. The van der Waals surface area contributed by atoms with Gasteiger partial charge in [-0.2, -0.15) is 0 Å². The molecule has 0 saturated carbocycles. The molecule has 4 rings (SSSR count). The lowest BCUT2D eigenvalue weighted by molar-refractivity contribution is -0.113. The number of halogens is 1. The van der Waals surface area contributed by atoms with Crippen molar-refractivity contribution in [1.82, 2.24) is 5.32 Å². The fourth-order valence-electron chi connectivity index (χ4n) is 3.55. The van der Waals surface area contributed by atoms with Crippen molar-refractivity contribution in [2.45, 2.75) is 13.0 Å². The molecule has 0 spiro atoms. The quantitative estimate of drug-likeness (QED) is 0.646. The molecule has 0 saturated heterocycles. The third-order valence-corrected chi connectivity index (χ3v) is 4.98. The average molecular weight is 401 g/mol. The standard InChI is InChI=1S/C24H20FN3O2/c1-16-21(23(29)26-19-8-4-2-5-9-19)22(17-12-14-18(25)15-13-17)27-24(30)28(16)20-10-6-3-7-11-20/h2-15,22H,1H3,(H,26,29)(H,27,30)/t22-/m0/s1. The molecule has 0 fully saturated rings. The molecule has 5 nitrogen and oxygen atoms in total. The first-order valence-corrected chi connectivity index (χ1v) is 9.53. The largest absolute Gasteiger partial charge is 0.326 e. The van der Waals surface area contributed by atoms with E-state index in [4.69, 9.17) is 0 Å². The predicted octanol–water partition coefficient (Wildman–Crippen LogP) is 5.01. The number of amides is 3. The fraction of sp³-hybridized carbons (Fsp3) is 0.0833. The molecule has 0 aromatic heterocycles. The van der Waals surface area contributed by atoms with E-state index < -0.39 is 6.04 Å². The van der Waals surface area contributed by atoms with Gasteiger partial charge >= 0.3 is 6.03 Å². The molecule has 1 heterocycles. The molecule has 150 valence electrons. The van der Waals surface area contributed by atoms with E-state index in [9.17, 15) is 14.0 Å². The van der Waals surface area contributed by atoms with Crippen molar-refractivity contribution in [1.29, 1.82) is 0 Å². The van der Waals surface area contributed by atoms with E-state index in [2.05, 4.69) is 10.6 Å². The number of nitrogens with one attached hydrogen (secondary N) is 2. The molecule has 0 bridgehead atoms. The van der Waals surface area contributed by atoms with Crippen LogP contribution in [-0.4, -0.2) is 11.9 Å². The number of nitrogens with zero attached hydrogens (tertiary/aromatic N) is 1. The van der Waals surface area contributed by atoms with Crippen molar-refractivity contribution >= 4 is 23.3 Å². The molecule has 0 aliphatic carbocycles. The van der Waals surface area contributed by atoms with Crippen LogP contribution in [0.4, 0.5) is 20.6 Å². The fourth-order valence-corrected chi connectivity index (χ4v) is 3.55. The highest BCUT2D eigenvalue weighted by atomic mass is 19.1. The van der Waals surface area contributed by atoms with E-state index in [-0.39, 0.29) is 17.8 Å². The summed E-state index contributed by atoms with van der Waals surface area (Å²) in [7, 11) is 0. The van der Waals surface area contributed by atoms with E-state index in [1.165, 1.54) is 17.0 Å². The van der Waals surface area contributed by atoms with Crippen LogP contribution in [0.1, 0.15) is 18.5 Å². The van der Waals surface area contributed by atoms with Gasteiger partial charge in [-0.25, -0.2) is 9.18 Å². The van der Waals surface area contributed by atoms with Gasteiger partial charge < -0.3 is 10.6 Å². The summed E-state index contributed by atoms with van der Waals surface area (Å²) >= 11 is 0. The molecule has 1 atom stereocenters. The Morgan fingerprint density at radius 3 is 2.17 bits per heavy atom. The number of urea groups is 1. The minimum Gasteiger partial charge on any atom is -0.326 e. The Bertz CT molecular complexity index is 1100. The summed E-state index contributed by atoms with van der Waals surface area (Å²) in [4.78, 5) is 27.7. The highest BCUT2D eigenvalue weighted by molar-refractivity contribution is 6.09. The summed E-state index contributed by atoms with van der Waals surface area (Å²) < 4.78 is 13.4. The molecule has 3 aromatic rings. The molecule has 30 heavy (non-hydrogen) atoms. The Kier molecular flexibility index (Phi) is 5.30. The summed E-state index contributed by atoms with van der Waals surface area (Å²) in [5, 5.41) is 5.78. The Balaban J connectivity index is 1.80. The van der Waals surface area contributed by atoms with Gasteiger partial charge in [0, 0.05) is 11.4 Å². The summed E-state index contributed by atoms with van der Waals surface area (Å²) in [6, 6.07) is 22.9. The van der Waals surface area contributed by atoms with Crippen molar-refractivity contribution < 1.29 is 14.0 Å². The highest BCUT2D eigenvalue weighted by Crippen LogP contribution is 2.34. The van der Waals surface area contributed by atoms with Crippen LogP contribution < -0.4 is 15.5 Å². The van der Waals surface area contributed by atoms with Crippen LogP contribution in [0, 0.1) is 5.82 Å². The van der Waals surface area contributed by atoms with Gasteiger partial charge in [-0.3, -0.25) is 9.69 Å². The number of rotatable bonds is 4. The molecular formula is C24H20FN3O2. The zero-order chi connectivity index (χ0) is 21.1. The second kappa shape index (κ2) is 8.21. The lowest BCUT2D eigenvalue weighted by Gasteiger charge is -2.35. The zero-order valence-corrected chi connectivity index (χ0v) is 16.3. The smallest absolute Gasteiger partial charge is 0.326 e. The molecule has 2 N–H and O–H groups in total. The third-order valence-electron chi connectivity index (χ3n) is 4.98. The predicted molar refractivity (Wildman–Crippen MR) is 114 cm³/mol. The third kappa shape index (κ3) is 3.80. The molecule has 0 radical (unpaired) electrons. The number of benzene rings is 3. The maximum atomic E-state index is 13.4. The van der Waals surface area contributed by atoms with Crippen LogP contribution in [0.25, 0.3) is 0 Å². The first-order valence-electron chi connectivity index (χ1n) is 9.53. The van der Waals surface area contributed by atoms with Gasteiger partial charge in [-0.05, 0) is 48.9 Å². The second-order valence-electron chi connectivity index (χ2n) is 6.92. The number of carbonyl (C=O) groups excluding carboxylic acids is 2. The van der Waals surface area contributed by atoms with Crippen LogP contribution in [0.15, 0.2) is 96.2 Å². The maximum absolute atomic E-state index is 13.4. The number of allylic oxidation sites excluding steroid dienone is 1. The van der Waals surface area contributed by atoms with Crippen molar-refractivity contribution in [3.05, 3.63) is 108 Å². The molecule has 0 unspecified atom stereocenters. The van der Waals surface area contributed by atoms with Gasteiger partial charge in [0.15, 0.2) is 0 Å². The average Bonchev–Trinajstić information content (AvgIpc) is 2.75. The van der Waals surface area contributed by atoms with Crippen LogP contribution in [0.5, 0.6) is 0 Å². The van der Waals surface area contributed by atoms with Crippen LogP contribution in [0.2, 0.25) is 0 Å². The van der Waals surface area contributed by atoms with E-state index in [0.717, 1.165) is 0 Å². The maximum Gasteiger partial charge on any atom is 0.326 e. The van der Waals surface area contributed by atoms with E-state index in [1.54, 1.807) is 43.3 Å². The van der Waals surface area contributed by atoms with E-state index in [0.29, 0.717) is 28.2 Å². The molecular weight excluding hydrogens is 381 g/mol. The van der Waals surface area contributed by atoms with Crippen molar-refractivity contribution in [2.75, 3.05) is 10.2 Å². The summed E-state index contributed by atoms with van der Waals surface area (Å²) in [5.74, 6) is -0.725. The summed E-state index contributed by atoms with van der Waals surface area (Å²) in [5.41, 5.74) is 2.80. The minimum absolute atomic E-state index is 0.339. The van der Waals surface area contributed by atoms with E-state index >= 15 is 0 Å². The number of hydrogen-bond acceptors (Lipinski definition) is 2. The normalized spacial score (nSPS) is 16.3. The monoisotopic (exact) mass is 401 g/mol. The van der Waals surface area contributed by atoms with Crippen LogP contribution in [-0.2, 0) is 4.79 Å². The number of anilines is 2. The molecule has 1 aliphatic rings. The number of carbonyl (C=O) groups is 2. The first-order chi connectivity index (χ1) is 14.5. The number of para-hydroxylation sites is 2. The van der Waals surface area contributed by atoms with Gasteiger partial charge in [-0.15, -0.1) is 0 Å². The van der Waals surface area contributed by atoms with Crippen molar-refractivity contribution in [2.24, 2.45) is 0 Å². The summed E-state index contributed by atoms with van der Waals surface area (Å²) in [6.07, 6.45) is 0. The lowest BCUT2D eigenvalue weighted by Crippen LogP contribution is -2.48. The molecule has 3 aromatic carbocycles. The lowest BCUT2D eigenvalue weighted by atomic mass is 9.94. The highest BCUT2D eigenvalue weighted by Gasteiger charge is 2.36. The van der Waals surface area contributed by atoms with Gasteiger partial charge in [0.25, 0.3) is 5.91 Å². The van der Waals surface area contributed by atoms with Gasteiger partial charge in [0.1, 0.15) is 5.82 Å². The SMILES string of the molecule is CC1=C(C(=O)Nc2ccccc2)[C@H](c2ccc(F)cc2)NC(=O)N1c1ccccc1. The molecule has 3 amide bonds. The van der Waals surface area contributed by atoms with Gasteiger partial charge in [0.05, 0.1) is 17.3 Å². The summed E-state index contributed by atoms with van der Waals surface area (Å²) in [6.45, 7) is 1.74. The van der Waals surface area contributed by atoms with Gasteiger partial charge in [0.2, 0.25) is 0 Å². The molecule has 1 aliphatic heterocycles. The van der Waals surface area contributed by atoms with Gasteiger partial charge in [-0.1, -0.05) is 48.5 Å². The van der Waals surface area contributed by atoms with E-state index in [1.807, 2.05) is 36.4 Å². The van der Waals surface area contributed by atoms with Crippen LogP contribution in [0.3, 0.4) is 0 Å². The molecule has 6 heteroatoms. The Labute approximate surface area is 173 Å². The Morgan fingerprint density at radius 2 is 1.53 bits per heavy atom.